The van der Waals surface area contributed by atoms with Gasteiger partial charge in [-0.05, 0) is 25.0 Å². The van der Waals surface area contributed by atoms with E-state index in [-0.39, 0.29) is 0 Å². The predicted octanol–water partition coefficient (Wildman–Crippen LogP) is 4.09. The van der Waals surface area contributed by atoms with Crippen LogP contribution in [0.2, 0.25) is 0 Å². The van der Waals surface area contributed by atoms with Crippen molar-refractivity contribution in [3.8, 4) is 11.4 Å². The molecule has 0 aliphatic carbocycles. The number of thioether (sulfide) groups is 1. The monoisotopic (exact) mass is 316 g/mol. The van der Waals surface area contributed by atoms with E-state index in [1.807, 2.05) is 6.92 Å². The van der Waals surface area contributed by atoms with Crippen LogP contribution in [0.1, 0.15) is 23.2 Å². The van der Waals surface area contributed by atoms with Gasteiger partial charge in [-0.2, -0.15) is 0 Å². The first kappa shape index (κ1) is 14.3. The Labute approximate surface area is 132 Å². The van der Waals surface area contributed by atoms with E-state index in [2.05, 4.69) is 56.7 Å². The summed E-state index contributed by atoms with van der Waals surface area (Å²) in [6.07, 6.45) is 1.02. The molecule has 1 aromatic carbocycles. The third kappa shape index (κ3) is 3.51. The van der Waals surface area contributed by atoms with Crippen LogP contribution in [0.5, 0.6) is 0 Å². The van der Waals surface area contributed by atoms with E-state index in [1.54, 1.807) is 23.1 Å². The molecule has 6 heteroatoms. The second kappa shape index (κ2) is 6.41. The highest BCUT2D eigenvalue weighted by Crippen LogP contribution is 2.23. The van der Waals surface area contributed by atoms with Crippen LogP contribution in [0.3, 0.4) is 0 Å². The van der Waals surface area contributed by atoms with E-state index in [1.165, 1.54) is 5.56 Å². The number of hydrogen-bond acceptors (Lipinski definition) is 5. The number of nitrogens with zero attached hydrogens (tertiary/aromatic N) is 3. The van der Waals surface area contributed by atoms with E-state index in [0.717, 1.165) is 39.4 Å². The van der Waals surface area contributed by atoms with Gasteiger partial charge >= 0.3 is 0 Å². The van der Waals surface area contributed by atoms with Gasteiger partial charge in [-0.15, -0.1) is 16.4 Å². The topological polar surface area (TPSA) is 54.5 Å². The molecule has 0 amide bonds. The van der Waals surface area contributed by atoms with Crippen molar-refractivity contribution in [1.29, 1.82) is 0 Å². The van der Waals surface area contributed by atoms with Crippen molar-refractivity contribution in [3.63, 3.8) is 0 Å². The first-order valence-electron chi connectivity index (χ1n) is 6.80. The van der Waals surface area contributed by atoms with Crippen molar-refractivity contribution < 1.29 is 0 Å². The maximum atomic E-state index is 4.55. The fourth-order valence-electron chi connectivity index (χ4n) is 1.99. The van der Waals surface area contributed by atoms with Gasteiger partial charge in [0, 0.05) is 16.7 Å². The number of aromatic nitrogens is 4. The predicted molar refractivity (Wildman–Crippen MR) is 87.6 cm³/mol. The second-order valence-electron chi connectivity index (χ2n) is 4.67. The van der Waals surface area contributed by atoms with Crippen LogP contribution >= 0.6 is 23.1 Å². The molecule has 108 valence electrons. The molecule has 0 bridgehead atoms. The zero-order chi connectivity index (χ0) is 14.7. The summed E-state index contributed by atoms with van der Waals surface area (Å²) < 4.78 is 0. The van der Waals surface area contributed by atoms with E-state index < -0.39 is 0 Å². The summed E-state index contributed by atoms with van der Waals surface area (Å²) in [4.78, 5) is 9.00. The molecule has 0 spiro atoms. The minimum atomic E-state index is 0.762. The normalized spacial score (nSPS) is 11.0. The van der Waals surface area contributed by atoms with Gasteiger partial charge in [0.15, 0.2) is 5.82 Å². The number of aryl methyl sites for hydroxylation is 2. The quantitative estimate of drug-likeness (QED) is 0.720. The Balaban J connectivity index is 1.70. The van der Waals surface area contributed by atoms with Crippen molar-refractivity contribution in [2.45, 2.75) is 31.2 Å². The molecule has 0 aliphatic heterocycles. The van der Waals surface area contributed by atoms with Gasteiger partial charge in [-0.25, -0.2) is 9.97 Å². The minimum absolute atomic E-state index is 0.762. The lowest BCUT2D eigenvalue weighted by Gasteiger charge is -1.99. The van der Waals surface area contributed by atoms with Crippen LogP contribution in [0.15, 0.2) is 34.8 Å². The number of hydrogen-bond donors (Lipinski definition) is 1. The summed E-state index contributed by atoms with van der Waals surface area (Å²) in [5.74, 6) is 1.62. The molecule has 21 heavy (non-hydrogen) atoms. The lowest BCUT2D eigenvalue weighted by molar-refractivity contribution is 0.972. The molecule has 3 aromatic rings. The van der Waals surface area contributed by atoms with E-state index in [9.17, 15) is 0 Å². The molecule has 0 aliphatic rings. The van der Waals surface area contributed by atoms with Crippen LogP contribution < -0.4 is 0 Å². The fraction of sp³-hybridized carbons (Fsp3) is 0.267. The molecule has 0 unspecified atom stereocenters. The standard InChI is InChI=1S/C15H16N4S2/c1-3-11-5-4-6-12(7-11)14-17-15(19-18-14)21-9-13-8-20-10(2)16-13/h4-8H,3,9H2,1-2H3,(H,17,18,19). The third-order valence-electron chi connectivity index (χ3n) is 3.09. The third-order valence-corrected chi connectivity index (χ3v) is 4.79. The fourth-order valence-corrected chi connectivity index (χ4v) is 3.40. The average molecular weight is 316 g/mol. The summed E-state index contributed by atoms with van der Waals surface area (Å²) in [5.41, 5.74) is 3.47. The molecule has 0 radical (unpaired) electrons. The molecular formula is C15H16N4S2. The first-order valence-corrected chi connectivity index (χ1v) is 8.66. The molecule has 1 N–H and O–H groups in total. The molecule has 0 atom stereocenters. The van der Waals surface area contributed by atoms with Crippen LogP contribution in [0.4, 0.5) is 0 Å². The van der Waals surface area contributed by atoms with Gasteiger partial charge in [0.25, 0.3) is 0 Å². The van der Waals surface area contributed by atoms with Gasteiger partial charge in [-0.1, -0.05) is 36.9 Å². The maximum Gasteiger partial charge on any atom is 0.209 e. The Morgan fingerprint density at radius 1 is 1.29 bits per heavy atom. The molecular weight excluding hydrogens is 300 g/mol. The minimum Gasteiger partial charge on any atom is -0.258 e. The van der Waals surface area contributed by atoms with Crippen LogP contribution in [0, 0.1) is 6.92 Å². The molecule has 3 rings (SSSR count). The Morgan fingerprint density at radius 2 is 2.19 bits per heavy atom. The highest BCUT2D eigenvalue weighted by Gasteiger charge is 2.08. The molecule has 2 aromatic heterocycles. The number of benzene rings is 1. The summed E-state index contributed by atoms with van der Waals surface area (Å²) >= 11 is 3.28. The number of nitrogens with one attached hydrogen (secondary N) is 1. The van der Waals surface area contributed by atoms with Gasteiger partial charge in [0.1, 0.15) is 0 Å². The second-order valence-corrected chi connectivity index (χ2v) is 6.67. The maximum absolute atomic E-state index is 4.55. The van der Waals surface area contributed by atoms with E-state index in [0.29, 0.717) is 0 Å². The van der Waals surface area contributed by atoms with Gasteiger partial charge in [-0.3, -0.25) is 5.10 Å². The summed E-state index contributed by atoms with van der Waals surface area (Å²) in [6, 6.07) is 8.39. The number of thiazole rings is 1. The molecule has 4 nitrogen and oxygen atoms in total. The van der Waals surface area contributed by atoms with E-state index in [4.69, 9.17) is 0 Å². The number of rotatable bonds is 5. The largest absolute Gasteiger partial charge is 0.258 e. The molecule has 0 saturated carbocycles. The Kier molecular flexibility index (Phi) is 4.36. The Morgan fingerprint density at radius 3 is 2.95 bits per heavy atom. The van der Waals surface area contributed by atoms with Crippen LogP contribution in [-0.2, 0) is 12.2 Å². The summed E-state index contributed by atoms with van der Waals surface area (Å²) in [5, 5.41) is 11.2. The zero-order valence-corrected chi connectivity index (χ0v) is 13.6. The molecule has 0 saturated heterocycles. The van der Waals surface area contributed by atoms with Crippen LogP contribution in [-0.4, -0.2) is 20.2 Å². The zero-order valence-electron chi connectivity index (χ0n) is 12.0. The van der Waals surface area contributed by atoms with Gasteiger partial charge in [0.2, 0.25) is 5.16 Å². The van der Waals surface area contributed by atoms with Crippen molar-refractivity contribution in [3.05, 3.63) is 45.9 Å². The van der Waals surface area contributed by atoms with E-state index >= 15 is 0 Å². The van der Waals surface area contributed by atoms with Gasteiger partial charge in [0.05, 0.1) is 10.7 Å². The lowest BCUT2D eigenvalue weighted by Crippen LogP contribution is -1.84. The first-order chi connectivity index (χ1) is 10.2. The number of aromatic amines is 1. The van der Waals surface area contributed by atoms with Crippen molar-refractivity contribution in [2.75, 3.05) is 0 Å². The van der Waals surface area contributed by atoms with Crippen molar-refractivity contribution in [1.82, 2.24) is 20.2 Å². The highest BCUT2D eigenvalue weighted by atomic mass is 32.2. The average Bonchev–Trinajstić information content (AvgIpc) is 3.14. The Hall–Kier alpha value is -1.66. The van der Waals surface area contributed by atoms with Crippen LogP contribution in [0.25, 0.3) is 11.4 Å². The van der Waals surface area contributed by atoms with Gasteiger partial charge < -0.3 is 0 Å². The smallest absolute Gasteiger partial charge is 0.209 e. The SMILES string of the molecule is CCc1cccc(-c2nc(SCc3csc(C)n3)n[nH]2)c1. The molecule has 0 fully saturated rings. The lowest BCUT2D eigenvalue weighted by atomic mass is 10.1. The Bertz CT molecular complexity index is 733. The number of H-pyrrole nitrogens is 1. The molecule has 2 heterocycles. The summed E-state index contributed by atoms with van der Waals surface area (Å²) in [6.45, 7) is 4.17. The highest BCUT2D eigenvalue weighted by molar-refractivity contribution is 7.98. The summed E-state index contributed by atoms with van der Waals surface area (Å²) in [7, 11) is 0. The van der Waals surface area contributed by atoms with Crippen molar-refractivity contribution in [2.24, 2.45) is 0 Å². The van der Waals surface area contributed by atoms with Crippen molar-refractivity contribution >= 4 is 23.1 Å².